The predicted octanol–water partition coefficient (Wildman–Crippen LogP) is 3.33. The molecule has 2 aliphatic heterocycles. The number of likely N-dealkylation sites (tertiary alicyclic amines) is 1. The Morgan fingerprint density at radius 2 is 2.19 bits per heavy atom. The largest absolute Gasteiger partial charge is 0.462 e. The first-order chi connectivity index (χ1) is 13.0. The van der Waals surface area contributed by atoms with Gasteiger partial charge in [0.25, 0.3) is 0 Å². The summed E-state index contributed by atoms with van der Waals surface area (Å²) in [6.07, 6.45) is 3.83. The van der Waals surface area contributed by atoms with Crippen molar-refractivity contribution in [3.63, 3.8) is 0 Å². The number of hydrogen-bond acceptors (Lipinski definition) is 5. The molecule has 1 aromatic carbocycles. The van der Waals surface area contributed by atoms with E-state index < -0.39 is 0 Å². The van der Waals surface area contributed by atoms with Crippen LogP contribution in [-0.4, -0.2) is 53.1 Å². The topological polar surface area (TPSA) is 56.6 Å². The smallest absolute Gasteiger partial charge is 0.328 e. The van der Waals surface area contributed by atoms with E-state index in [1.54, 1.807) is 0 Å². The molecule has 27 heavy (non-hydrogen) atoms. The Balaban J connectivity index is 1.80. The lowest BCUT2D eigenvalue weighted by Crippen LogP contribution is -2.35. The molecule has 0 spiro atoms. The van der Waals surface area contributed by atoms with Crippen molar-refractivity contribution in [1.29, 1.82) is 0 Å². The van der Waals surface area contributed by atoms with Crippen LogP contribution >= 0.6 is 0 Å². The molecule has 0 N–H and O–H groups in total. The molecule has 6 nitrogen and oxygen atoms in total. The van der Waals surface area contributed by atoms with Gasteiger partial charge < -0.3 is 9.47 Å². The third-order valence-corrected chi connectivity index (χ3v) is 5.59. The van der Waals surface area contributed by atoms with Crippen LogP contribution in [0.25, 0.3) is 10.9 Å². The zero-order chi connectivity index (χ0) is 19.0. The molecule has 2 fully saturated rings. The summed E-state index contributed by atoms with van der Waals surface area (Å²) >= 11 is 0. The number of benzene rings is 1. The van der Waals surface area contributed by atoms with Crippen molar-refractivity contribution >= 4 is 16.9 Å². The standard InChI is InChI=1S/C21H29N3O3/c1-14(2)27-21(25)20(23-9-7-15(3)12-23)18-6-4-5-16-11-22-24(19(16)18)17-8-10-26-13-17/h4-6,11,14-15,17,20H,7-10,12-13H2,1-3H3/t15-,17+,20?/m1/s1. The summed E-state index contributed by atoms with van der Waals surface area (Å²) in [4.78, 5) is 15.4. The maximum absolute atomic E-state index is 13.1. The van der Waals surface area contributed by atoms with Gasteiger partial charge in [-0.05, 0) is 39.2 Å². The van der Waals surface area contributed by atoms with Crippen molar-refractivity contribution < 1.29 is 14.3 Å². The number of carbonyl (C=O) groups is 1. The third kappa shape index (κ3) is 3.60. The van der Waals surface area contributed by atoms with E-state index in [-0.39, 0.29) is 24.2 Å². The van der Waals surface area contributed by atoms with Crippen LogP contribution in [0.5, 0.6) is 0 Å². The number of hydrogen-bond donors (Lipinski definition) is 0. The highest BCUT2D eigenvalue weighted by atomic mass is 16.5. The first kappa shape index (κ1) is 18.4. The molecule has 1 unspecified atom stereocenters. The Hall–Kier alpha value is -1.92. The summed E-state index contributed by atoms with van der Waals surface area (Å²) in [5.41, 5.74) is 2.04. The highest BCUT2D eigenvalue weighted by Gasteiger charge is 2.36. The summed E-state index contributed by atoms with van der Waals surface area (Å²) in [5, 5.41) is 5.71. The number of nitrogens with zero attached hydrogens (tertiary/aromatic N) is 3. The van der Waals surface area contributed by atoms with E-state index in [0.717, 1.165) is 49.0 Å². The van der Waals surface area contributed by atoms with Gasteiger partial charge in [-0.1, -0.05) is 25.1 Å². The summed E-state index contributed by atoms with van der Waals surface area (Å²) < 4.78 is 13.3. The summed E-state index contributed by atoms with van der Waals surface area (Å²) in [5.74, 6) is 0.425. The molecule has 1 aromatic heterocycles. The molecule has 4 rings (SSSR count). The second-order valence-corrected chi connectivity index (χ2v) is 8.17. The van der Waals surface area contributed by atoms with Crippen LogP contribution in [0.15, 0.2) is 24.4 Å². The fourth-order valence-electron chi connectivity index (χ4n) is 4.32. The van der Waals surface area contributed by atoms with Gasteiger partial charge in [-0.3, -0.25) is 9.58 Å². The molecule has 0 radical (unpaired) electrons. The normalized spacial score (nSPS) is 24.7. The number of esters is 1. The summed E-state index contributed by atoms with van der Waals surface area (Å²) in [7, 11) is 0. The Kier molecular flexibility index (Phi) is 5.19. The van der Waals surface area contributed by atoms with E-state index >= 15 is 0 Å². The van der Waals surface area contributed by atoms with Crippen molar-refractivity contribution in [2.24, 2.45) is 5.92 Å². The van der Waals surface area contributed by atoms with Gasteiger partial charge in [0.15, 0.2) is 0 Å². The fourth-order valence-corrected chi connectivity index (χ4v) is 4.32. The number of rotatable bonds is 5. The van der Waals surface area contributed by atoms with Crippen molar-refractivity contribution in [1.82, 2.24) is 14.7 Å². The lowest BCUT2D eigenvalue weighted by atomic mass is 10.0. The van der Waals surface area contributed by atoms with Crippen LogP contribution in [0, 0.1) is 5.92 Å². The minimum Gasteiger partial charge on any atom is -0.462 e. The minimum absolute atomic E-state index is 0.132. The van der Waals surface area contributed by atoms with Crippen LogP contribution in [0.3, 0.4) is 0 Å². The maximum atomic E-state index is 13.1. The maximum Gasteiger partial charge on any atom is 0.328 e. The Morgan fingerprint density at radius 3 is 2.85 bits per heavy atom. The second kappa shape index (κ2) is 7.60. The molecule has 2 aromatic rings. The molecule has 3 atom stereocenters. The van der Waals surface area contributed by atoms with Crippen LogP contribution in [-0.2, 0) is 14.3 Å². The molecular formula is C21H29N3O3. The average Bonchev–Trinajstić information content (AvgIpc) is 3.34. The van der Waals surface area contributed by atoms with E-state index in [1.807, 2.05) is 26.1 Å². The zero-order valence-electron chi connectivity index (χ0n) is 16.4. The van der Waals surface area contributed by atoms with Crippen molar-refractivity contribution in [3.8, 4) is 0 Å². The second-order valence-electron chi connectivity index (χ2n) is 8.17. The molecule has 3 heterocycles. The Labute approximate surface area is 160 Å². The van der Waals surface area contributed by atoms with Crippen LogP contribution < -0.4 is 0 Å². The van der Waals surface area contributed by atoms with E-state index in [9.17, 15) is 4.79 Å². The molecule has 0 aliphatic carbocycles. The number of carbonyl (C=O) groups excluding carboxylic acids is 1. The number of aromatic nitrogens is 2. The Morgan fingerprint density at radius 1 is 1.33 bits per heavy atom. The molecule has 0 bridgehead atoms. The van der Waals surface area contributed by atoms with Gasteiger partial charge in [0, 0.05) is 24.1 Å². The quantitative estimate of drug-likeness (QED) is 0.755. The van der Waals surface area contributed by atoms with E-state index in [0.29, 0.717) is 12.5 Å². The van der Waals surface area contributed by atoms with Gasteiger partial charge in [-0.15, -0.1) is 0 Å². The number of fused-ring (bicyclic) bond motifs is 1. The molecule has 2 aliphatic rings. The summed E-state index contributed by atoms with van der Waals surface area (Å²) in [6, 6.07) is 5.98. The predicted molar refractivity (Wildman–Crippen MR) is 104 cm³/mol. The molecule has 6 heteroatoms. The van der Waals surface area contributed by atoms with Gasteiger partial charge in [-0.2, -0.15) is 5.10 Å². The fraction of sp³-hybridized carbons (Fsp3) is 0.619. The first-order valence-corrected chi connectivity index (χ1v) is 10.0. The lowest BCUT2D eigenvalue weighted by Gasteiger charge is -2.28. The molecule has 0 saturated carbocycles. The monoisotopic (exact) mass is 371 g/mol. The first-order valence-electron chi connectivity index (χ1n) is 10.0. The van der Waals surface area contributed by atoms with Crippen LogP contribution in [0.1, 0.15) is 51.3 Å². The molecule has 2 saturated heterocycles. The van der Waals surface area contributed by atoms with Gasteiger partial charge >= 0.3 is 5.97 Å². The van der Waals surface area contributed by atoms with Crippen molar-refractivity contribution in [2.45, 2.75) is 51.8 Å². The SMILES string of the molecule is CC(C)OC(=O)C(c1cccc2cnn([C@H]3CCOC3)c12)N1CC[C@@H](C)C1. The summed E-state index contributed by atoms with van der Waals surface area (Å²) in [6.45, 7) is 9.31. The van der Waals surface area contributed by atoms with Crippen LogP contribution in [0.2, 0.25) is 0 Å². The molecular weight excluding hydrogens is 342 g/mol. The van der Waals surface area contributed by atoms with Crippen molar-refractivity contribution in [3.05, 3.63) is 30.0 Å². The average molecular weight is 371 g/mol. The van der Waals surface area contributed by atoms with E-state index in [2.05, 4.69) is 33.7 Å². The highest BCUT2D eigenvalue weighted by molar-refractivity contribution is 5.88. The number of ether oxygens (including phenoxy) is 2. The van der Waals surface area contributed by atoms with Crippen LogP contribution in [0.4, 0.5) is 0 Å². The molecule has 146 valence electrons. The van der Waals surface area contributed by atoms with Gasteiger partial charge in [0.1, 0.15) is 6.04 Å². The number of para-hydroxylation sites is 1. The third-order valence-electron chi connectivity index (χ3n) is 5.59. The lowest BCUT2D eigenvalue weighted by molar-refractivity contribution is -0.153. The van der Waals surface area contributed by atoms with Gasteiger partial charge in [0.05, 0.1) is 30.5 Å². The van der Waals surface area contributed by atoms with Gasteiger partial charge in [-0.25, -0.2) is 4.79 Å². The van der Waals surface area contributed by atoms with Crippen molar-refractivity contribution in [2.75, 3.05) is 26.3 Å². The van der Waals surface area contributed by atoms with Gasteiger partial charge in [0.2, 0.25) is 0 Å². The minimum atomic E-state index is -0.390. The Bertz CT molecular complexity index is 810. The highest BCUT2D eigenvalue weighted by Crippen LogP contribution is 2.35. The molecule has 0 amide bonds. The van der Waals surface area contributed by atoms with E-state index in [1.165, 1.54) is 0 Å². The zero-order valence-corrected chi connectivity index (χ0v) is 16.4. The van der Waals surface area contributed by atoms with E-state index in [4.69, 9.17) is 9.47 Å².